The van der Waals surface area contributed by atoms with E-state index in [1.165, 1.54) is 5.56 Å². The van der Waals surface area contributed by atoms with E-state index in [-0.39, 0.29) is 5.78 Å². The smallest absolute Gasteiger partial charge is 0.162 e. The lowest BCUT2D eigenvalue weighted by atomic mass is 10.1. The summed E-state index contributed by atoms with van der Waals surface area (Å²) in [5.74, 6) is 0.947. The van der Waals surface area contributed by atoms with Gasteiger partial charge in [-0.2, -0.15) is 5.10 Å². The fraction of sp³-hybridized carbons (Fsp3) is 0.179. The van der Waals surface area contributed by atoms with Crippen LogP contribution in [0.1, 0.15) is 34.3 Å². The molecule has 4 rings (SSSR count). The Kier molecular flexibility index (Phi) is 6.66. The lowest BCUT2D eigenvalue weighted by molar-refractivity contribution is 0.0983. The van der Waals surface area contributed by atoms with Crippen LogP contribution in [0.15, 0.2) is 72.8 Å². The number of halogens is 1. The van der Waals surface area contributed by atoms with E-state index < -0.39 is 0 Å². The van der Waals surface area contributed by atoms with Crippen molar-refractivity contribution in [2.24, 2.45) is 0 Å². The van der Waals surface area contributed by atoms with Crippen molar-refractivity contribution in [3.05, 3.63) is 101 Å². The van der Waals surface area contributed by atoms with Crippen LogP contribution in [0.5, 0.6) is 0 Å². The minimum absolute atomic E-state index is 0.0509. The zero-order chi connectivity index (χ0) is 23.5. The van der Waals surface area contributed by atoms with Gasteiger partial charge in [0.25, 0.3) is 0 Å². The Hall–Kier alpha value is -3.37. The Balaban J connectivity index is 1.77. The molecule has 0 saturated heterocycles. The maximum atomic E-state index is 12.2. The fourth-order valence-electron chi connectivity index (χ4n) is 3.79. The summed E-state index contributed by atoms with van der Waals surface area (Å²) in [4.78, 5) is 14.2. The Morgan fingerprint density at radius 2 is 1.67 bits per heavy atom. The Labute approximate surface area is 200 Å². The average Bonchev–Trinajstić information content (AvgIpc) is 3.24. The molecule has 0 aliphatic heterocycles. The number of Topliss-reactive ketones (excluding diaryl/α,β-unsaturated/α-hetero) is 1. The largest absolute Gasteiger partial charge is 0.329 e. The van der Waals surface area contributed by atoms with Gasteiger partial charge < -0.3 is 4.90 Å². The molecular weight excluding hydrogens is 430 g/mol. The number of hydrogen-bond donors (Lipinski definition) is 0. The van der Waals surface area contributed by atoms with Crippen LogP contribution in [0.4, 0.5) is 11.5 Å². The van der Waals surface area contributed by atoms with Crippen LogP contribution >= 0.6 is 11.6 Å². The van der Waals surface area contributed by atoms with Gasteiger partial charge in [0.2, 0.25) is 0 Å². The van der Waals surface area contributed by atoms with Crippen molar-refractivity contribution in [1.29, 1.82) is 0 Å². The number of aromatic nitrogens is 2. The van der Waals surface area contributed by atoms with Gasteiger partial charge in [0.15, 0.2) is 5.78 Å². The summed E-state index contributed by atoms with van der Waals surface area (Å²) in [6.07, 6.45) is 0.694. The molecule has 0 unspecified atom stereocenters. The number of nitrogens with zero attached hydrogens (tertiary/aromatic N) is 3. The molecule has 166 valence electrons. The molecule has 0 N–H and O–H groups in total. The molecule has 2 radical (unpaired) electrons. The summed E-state index contributed by atoms with van der Waals surface area (Å²) in [5, 5.41) is 5.61. The number of carbonyl (C=O) groups is 1. The SMILES string of the molecule is [CH]CCC(=O)c1ccc(N(C)c2cc(-c3cc(C)cc(Cl)c3)nn2-c2ccc(C)cc2)cc1. The van der Waals surface area contributed by atoms with Gasteiger partial charge in [-0.25, -0.2) is 4.68 Å². The van der Waals surface area contributed by atoms with Crippen molar-refractivity contribution in [3.63, 3.8) is 0 Å². The lowest BCUT2D eigenvalue weighted by Crippen LogP contribution is -2.14. The fourth-order valence-corrected chi connectivity index (χ4v) is 4.08. The number of benzene rings is 3. The van der Waals surface area contributed by atoms with Crippen LogP contribution < -0.4 is 4.90 Å². The van der Waals surface area contributed by atoms with Crippen molar-refractivity contribution in [3.8, 4) is 16.9 Å². The molecule has 5 heteroatoms. The first kappa shape index (κ1) is 22.8. The molecule has 0 amide bonds. The second-order valence-electron chi connectivity index (χ2n) is 8.22. The Morgan fingerprint density at radius 1 is 0.970 bits per heavy atom. The van der Waals surface area contributed by atoms with E-state index in [4.69, 9.17) is 23.6 Å². The lowest BCUT2D eigenvalue weighted by Gasteiger charge is -2.20. The highest BCUT2D eigenvalue weighted by molar-refractivity contribution is 6.30. The van der Waals surface area contributed by atoms with Gasteiger partial charge in [-0.3, -0.25) is 4.79 Å². The molecule has 0 bridgehead atoms. The predicted octanol–water partition coefficient (Wildman–Crippen LogP) is 7.25. The molecular formula is C28H26ClN3O. The molecule has 0 aliphatic carbocycles. The molecule has 0 saturated carbocycles. The van der Waals surface area contributed by atoms with Gasteiger partial charge in [0.05, 0.1) is 11.4 Å². The molecule has 3 aromatic carbocycles. The van der Waals surface area contributed by atoms with Crippen LogP contribution in [0, 0.1) is 20.8 Å². The normalized spacial score (nSPS) is 10.9. The average molecular weight is 456 g/mol. The van der Waals surface area contributed by atoms with Crippen LogP contribution in [0.3, 0.4) is 0 Å². The molecule has 1 aromatic heterocycles. The van der Waals surface area contributed by atoms with Gasteiger partial charge in [0, 0.05) is 41.4 Å². The second kappa shape index (κ2) is 9.63. The third kappa shape index (κ3) is 5.01. The number of rotatable bonds is 7. The van der Waals surface area contributed by atoms with Crippen molar-refractivity contribution in [1.82, 2.24) is 9.78 Å². The Morgan fingerprint density at radius 3 is 2.30 bits per heavy atom. The molecule has 1 heterocycles. The molecule has 4 nitrogen and oxygen atoms in total. The van der Waals surface area contributed by atoms with Crippen molar-refractivity contribution in [2.45, 2.75) is 26.7 Å². The first-order chi connectivity index (χ1) is 15.9. The highest BCUT2D eigenvalue weighted by atomic mass is 35.5. The van der Waals surface area contributed by atoms with Crippen molar-refractivity contribution in [2.75, 3.05) is 11.9 Å². The number of hydrogen-bond acceptors (Lipinski definition) is 3. The topological polar surface area (TPSA) is 38.1 Å². The first-order valence-corrected chi connectivity index (χ1v) is 11.3. The van der Waals surface area contributed by atoms with Gasteiger partial charge >= 0.3 is 0 Å². The summed E-state index contributed by atoms with van der Waals surface area (Å²) in [6, 6.07) is 23.8. The van der Waals surface area contributed by atoms with E-state index in [0.717, 1.165) is 34.0 Å². The highest BCUT2D eigenvalue weighted by Crippen LogP contribution is 2.32. The zero-order valence-electron chi connectivity index (χ0n) is 19.0. The van der Waals surface area contributed by atoms with E-state index in [1.807, 2.05) is 55.1 Å². The van der Waals surface area contributed by atoms with Gasteiger partial charge in [-0.1, -0.05) is 29.3 Å². The van der Waals surface area contributed by atoms with E-state index in [0.29, 0.717) is 23.4 Å². The maximum Gasteiger partial charge on any atom is 0.162 e. The van der Waals surface area contributed by atoms with Gasteiger partial charge in [-0.05, 0) is 87.4 Å². The molecule has 0 atom stereocenters. The monoisotopic (exact) mass is 455 g/mol. The van der Waals surface area contributed by atoms with Gasteiger partial charge in [-0.15, -0.1) is 0 Å². The van der Waals surface area contributed by atoms with E-state index >= 15 is 0 Å². The van der Waals surface area contributed by atoms with E-state index in [1.54, 1.807) is 0 Å². The number of carbonyl (C=O) groups excluding carboxylic acids is 1. The third-order valence-electron chi connectivity index (χ3n) is 5.60. The molecule has 0 fully saturated rings. The van der Waals surface area contributed by atoms with E-state index in [9.17, 15) is 4.79 Å². The minimum atomic E-state index is 0.0509. The molecule has 0 spiro atoms. The maximum absolute atomic E-state index is 12.2. The van der Waals surface area contributed by atoms with Crippen LogP contribution in [-0.2, 0) is 0 Å². The summed E-state index contributed by atoms with van der Waals surface area (Å²) >= 11 is 6.32. The minimum Gasteiger partial charge on any atom is -0.329 e. The van der Waals surface area contributed by atoms with Crippen molar-refractivity contribution >= 4 is 28.9 Å². The Bertz CT molecular complexity index is 1250. The quantitative estimate of drug-likeness (QED) is 0.275. The predicted molar refractivity (Wildman–Crippen MR) is 136 cm³/mol. The molecule has 0 aliphatic rings. The van der Waals surface area contributed by atoms with Crippen LogP contribution in [-0.4, -0.2) is 22.6 Å². The van der Waals surface area contributed by atoms with Crippen LogP contribution in [0.25, 0.3) is 16.9 Å². The zero-order valence-corrected chi connectivity index (χ0v) is 19.8. The highest BCUT2D eigenvalue weighted by Gasteiger charge is 2.17. The first-order valence-electron chi connectivity index (χ1n) is 10.9. The summed E-state index contributed by atoms with van der Waals surface area (Å²) in [7, 11) is 1.99. The van der Waals surface area contributed by atoms with Gasteiger partial charge in [0.1, 0.15) is 5.82 Å². The van der Waals surface area contributed by atoms with E-state index in [2.05, 4.69) is 48.2 Å². The standard InChI is InChI=1S/C28H26ClN3O/c1-5-6-27(33)21-9-13-24(14-10-21)31(4)28-18-26(22-15-20(3)16-23(29)17-22)30-32(28)25-11-7-19(2)8-12-25/h1,7-18H,5-6H2,2-4H3. The van der Waals surface area contributed by atoms with Crippen molar-refractivity contribution < 1.29 is 4.79 Å². The third-order valence-corrected chi connectivity index (χ3v) is 5.82. The summed E-state index contributed by atoms with van der Waals surface area (Å²) in [6.45, 7) is 9.61. The molecule has 4 aromatic rings. The number of aryl methyl sites for hydroxylation is 2. The summed E-state index contributed by atoms with van der Waals surface area (Å²) in [5.41, 5.74) is 6.63. The second-order valence-corrected chi connectivity index (χ2v) is 8.66. The number of anilines is 2. The summed E-state index contributed by atoms with van der Waals surface area (Å²) < 4.78 is 1.93. The molecule has 33 heavy (non-hydrogen) atoms. The van der Waals surface area contributed by atoms with Crippen LogP contribution in [0.2, 0.25) is 5.02 Å². The number of ketones is 1.